The Balaban J connectivity index is 1.24. The van der Waals surface area contributed by atoms with Crippen molar-refractivity contribution in [3.8, 4) is 0 Å². The minimum absolute atomic E-state index is 0.0650. The van der Waals surface area contributed by atoms with Crippen LogP contribution in [0, 0.1) is 23.7 Å². The summed E-state index contributed by atoms with van der Waals surface area (Å²) in [6, 6.07) is 1.79. The molecule has 7 heteroatoms. The number of nitrogens with zero attached hydrogens (tertiary/aromatic N) is 4. The number of carbonyl (C=O) groups excluding carboxylic acids is 2. The van der Waals surface area contributed by atoms with E-state index in [0.717, 1.165) is 45.4 Å². The number of methoxy groups -OCH3 is 1. The number of aromatic nitrogens is 2. The SMILES string of the molecule is COCCn1nccc1C(=O)N1CCC(C2CN(C(=O)[C@@H]3C[C@@H]3C)C2)CC1. The molecule has 1 aromatic rings. The molecule has 148 valence electrons. The van der Waals surface area contributed by atoms with Crippen molar-refractivity contribution in [3.63, 3.8) is 0 Å². The van der Waals surface area contributed by atoms with E-state index in [1.54, 1.807) is 24.1 Å². The van der Waals surface area contributed by atoms with Crippen molar-refractivity contribution in [2.24, 2.45) is 23.7 Å². The summed E-state index contributed by atoms with van der Waals surface area (Å²) in [5.74, 6) is 2.57. The first-order chi connectivity index (χ1) is 13.1. The third-order valence-corrected chi connectivity index (χ3v) is 6.58. The standard InChI is InChI=1S/C20H30N4O3/c1-14-11-17(14)19(25)23-12-16(13-23)15-4-7-22(8-5-15)20(26)18-3-6-21-24(18)9-10-27-2/h3,6,14-17H,4-5,7-13H2,1-2H3/t14-,17+/m0/s1. The van der Waals surface area contributed by atoms with Gasteiger partial charge in [-0.15, -0.1) is 0 Å². The van der Waals surface area contributed by atoms with Crippen LogP contribution in [0.25, 0.3) is 0 Å². The molecular weight excluding hydrogens is 344 g/mol. The van der Waals surface area contributed by atoms with E-state index >= 15 is 0 Å². The molecule has 0 spiro atoms. The van der Waals surface area contributed by atoms with Crippen LogP contribution in [0.2, 0.25) is 0 Å². The predicted octanol–water partition coefficient (Wildman–Crippen LogP) is 1.50. The Kier molecular flexibility index (Phi) is 5.21. The molecule has 0 bridgehead atoms. The van der Waals surface area contributed by atoms with E-state index in [2.05, 4.69) is 12.0 Å². The monoisotopic (exact) mass is 374 g/mol. The van der Waals surface area contributed by atoms with Gasteiger partial charge in [-0.1, -0.05) is 6.92 Å². The van der Waals surface area contributed by atoms with E-state index < -0.39 is 0 Å². The van der Waals surface area contributed by atoms with Gasteiger partial charge in [0.25, 0.3) is 5.91 Å². The first-order valence-electron chi connectivity index (χ1n) is 10.2. The molecule has 0 radical (unpaired) electrons. The van der Waals surface area contributed by atoms with Gasteiger partial charge >= 0.3 is 0 Å². The molecule has 0 N–H and O–H groups in total. The summed E-state index contributed by atoms with van der Waals surface area (Å²) in [6.45, 7) is 6.72. The number of carbonyl (C=O) groups is 2. The number of hydrogen-bond donors (Lipinski definition) is 0. The van der Waals surface area contributed by atoms with Crippen molar-refractivity contribution in [2.75, 3.05) is 39.9 Å². The fourth-order valence-corrected chi connectivity index (χ4v) is 4.50. The Bertz CT molecular complexity index is 689. The second kappa shape index (κ2) is 7.62. The highest BCUT2D eigenvalue weighted by molar-refractivity contribution is 5.92. The van der Waals surface area contributed by atoms with Crippen LogP contribution in [-0.4, -0.2) is 71.3 Å². The highest BCUT2D eigenvalue weighted by atomic mass is 16.5. The van der Waals surface area contributed by atoms with Gasteiger partial charge in [0.05, 0.1) is 13.2 Å². The number of ether oxygens (including phenoxy) is 1. The number of amides is 2. The fourth-order valence-electron chi connectivity index (χ4n) is 4.50. The van der Waals surface area contributed by atoms with Gasteiger partial charge in [0.1, 0.15) is 5.69 Å². The van der Waals surface area contributed by atoms with Crippen molar-refractivity contribution in [1.82, 2.24) is 19.6 Å². The Labute approximate surface area is 160 Å². The van der Waals surface area contributed by atoms with Crippen LogP contribution in [0.15, 0.2) is 12.3 Å². The molecule has 27 heavy (non-hydrogen) atoms. The van der Waals surface area contributed by atoms with Crippen LogP contribution >= 0.6 is 0 Å². The lowest BCUT2D eigenvalue weighted by Gasteiger charge is -2.46. The molecule has 3 heterocycles. The van der Waals surface area contributed by atoms with Crippen LogP contribution < -0.4 is 0 Å². The van der Waals surface area contributed by atoms with Crippen molar-refractivity contribution in [2.45, 2.75) is 32.7 Å². The molecular formula is C20H30N4O3. The van der Waals surface area contributed by atoms with Crippen LogP contribution in [0.3, 0.4) is 0 Å². The Morgan fingerprint density at radius 3 is 2.52 bits per heavy atom. The average molecular weight is 374 g/mol. The number of likely N-dealkylation sites (tertiary alicyclic amines) is 2. The largest absolute Gasteiger partial charge is 0.383 e. The molecule has 4 rings (SSSR count). The van der Waals surface area contributed by atoms with E-state index in [1.165, 1.54) is 0 Å². The summed E-state index contributed by atoms with van der Waals surface area (Å²) < 4.78 is 6.82. The highest BCUT2D eigenvalue weighted by Crippen LogP contribution is 2.41. The molecule has 2 atom stereocenters. The van der Waals surface area contributed by atoms with Crippen molar-refractivity contribution in [3.05, 3.63) is 18.0 Å². The van der Waals surface area contributed by atoms with Gasteiger partial charge in [0, 0.05) is 45.4 Å². The Hall–Kier alpha value is -1.89. The van der Waals surface area contributed by atoms with Crippen molar-refractivity contribution >= 4 is 11.8 Å². The molecule has 0 aromatic carbocycles. The zero-order valence-electron chi connectivity index (χ0n) is 16.3. The molecule has 1 aromatic heterocycles. The lowest BCUT2D eigenvalue weighted by Crippen LogP contribution is -2.55. The molecule has 0 unspecified atom stereocenters. The summed E-state index contributed by atoms with van der Waals surface area (Å²) in [5.41, 5.74) is 0.643. The van der Waals surface area contributed by atoms with Crippen LogP contribution in [0.4, 0.5) is 0 Å². The Morgan fingerprint density at radius 1 is 1.19 bits per heavy atom. The normalized spacial score (nSPS) is 26.1. The number of hydrogen-bond acceptors (Lipinski definition) is 4. The van der Waals surface area contributed by atoms with E-state index in [4.69, 9.17) is 4.74 Å². The average Bonchev–Trinajstić information content (AvgIpc) is 3.19. The molecule has 1 aliphatic carbocycles. The minimum Gasteiger partial charge on any atom is -0.383 e. The summed E-state index contributed by atoms with van der Waals surface area (Å²) >= 11 is 0. The summed E-state index contributed by atoms with van der Waals surface area (Å²) in [4.78, 5) is 29.1. The third-order valence-electron chi connectivity index (χ3n) is 6.58. The van der Waals surface area contributed by atoms with E-state index in [1.807, 2.05) is 9.80 Å². The number of rotatable bonds is 6. The second-order valence-corrected chi connectivity index (χ2v) is 8.38. The molecule has 2 amide bonds. The Morgan fingerprint density at radius 2 is 1.89 bits per heavy atom. The molecule has 1 saturated carbocycles. The maximum absolute atomic E-state index is 12.8. The molecule has 3 fully saturated rings. The highest BCUT2D eigenvalue weighted by Gasteiger charge is 2.46. The lowest BCUT2D eigenvalue weighted by molar-refractivity contribution is -0.141. The molecule has 2 aliphatic heterocycles. The van der Waals surface area contributed by atoms with Gasteiger partial charge in [0.15, 0.2) is 0 Å². The lowest BCUT2D eigenvalue weighted by atomic mass is 9.79. The zero-order chi connectivity index (χ0) is 19.0. The van der Waals surface area contributed by atoms with Gasteiger partial charge in [-0.25, -0.2) is 0 Å². The van der Waals surface area contributed by atoms with Gasteiger partial charge in [-0.05, 0) is 43.1 Å². The van der Waals surface area contributed by atoms with Crippen LogP contribution in [-0.2, 0) is 16.1 Å². The minimum atomic E-state index is 0.0650. The van der Waals surface area contributed by atoms with Crippen LogP contribution in [0.1, 0.15) is 36.7 Å². The topological polar surface area (TPSA) is 67.7 Å². The maximum Gasteiger partial charge on any atom is 0.272 e. The van der Waals surface area contributed by atoms with E-state index in [0.29, 0.717) is 48.4 Å². The molecule has 2 saturated heterocycles. The predicted molar refractivity (Wildman–Crippen MR) is 100 cm³/mol. The zero-order valence-corrected chi connectivity index (χ0v) is 16.3. The fraction of sp³-hybridized carbons (Fsp3) is 0.750. The summed E-state index contributed by atoms with van der Waals surface area (Å²) in [5, 5.41) is 4.24. The molecule has 7 nitrogen and oxygen atoms in total. The molecule has 3 aliphatic rings. The summed E-state index contributed by atoms with van der Waals surface area (Å²) in [7, 11) is 1.65. The van der Waals surface area contributed by atoms with Crippen molar-refractivity contribution in [1.29, 1.82) is 0 Å². The van der Waals surface area contributed by atoms with Gasteiger partial charge in [0.2, 0.25) is 5.91 Å². The smallest absolute Gasteiger partial charge is 0.272 e. The van der Waals surface area contributed by atoms with Crippen molar-refractivity contribution < 1.29 is 14.3 Å². The van der Waals surface area contributed by atoms with Gasteiger partial charge in [-0.3, -0.25) is 14.3 Å². The van der Waals surface area contributed by atoms with Gasteiger partial charge in [-0.2, -0.15) is 5.10 Å². The third kappa shape index (κ3) is 3.74. The second-order valence-electron chi connectivity index (χ2n) is 8.38. The first-order valence-corrected chi connectivity index (χ1v) is 10.2. The quantitative estimate of drug-likeness (QED) is 0.757. The number of piperidine rings is 1. The summed E-state index contributed by atoms with van der Waals surface area (Å²) in [6.07, 6.45) is 4.81. The van der Waals surface area contributed by atoms with E-state index in [-0.39, 0.29) is 5.91 Å². The van der Waals surface area contributed by atoms with E-state index in [9.17, 15) is 9.59 Å². The first kappa shape index (κ1) is 18.5. The van der Waals surface area contributed by atoms with Crippen LogP contribution in [0.5, 0.6) is 0 Å². The maximum atomic E-state index is 12.8. The van der Waals surface area contributed by atoms with Gasteiger partial charge < -0.3 is 14.5 Å².